The highest BCUT2D eigenvalue weighted by Gasteiger charge is 2.48. The summed E-state index contributed by atoms with van der Waals surface area (Å²) in [6.45, 7) is 0.106. The van der Waals surface area contributed by atoms with Crippen molar-refractivity contribution in [3.05, 3.63) is 23.7 Å². The van der Waals surface area contributed by atoms with E-state index in [1.54, 1.807) is 0 Å². The van der Waals surface area contributed by atoms with Crippen LogP contribution in [-0.2, 0) is 16.1 Å². The Balaban J connectivity index is 1.83. The number of hydrogen-bond donors (Lipinski definition) is 3. The van der Waals surface area contributed by atoms with Crippen LogP contribution in [0.15, 0.2) is 16.5 Å². The molecule has 2 amide bonds. The van der Waals surface area contributed by atoms with Crippen LogP contribution in [0.2, 0.25) is 0 Å². The second-order valence-corrected chi connectivity index (χ2v) is 4.13. The van der Waals surface area contributed by atoms with Gasteiger partial charge in [0.1, 0.15) is 5.76 Å². The Morgan fingerprint density at radius 1 is 1.39 bits per heavy atom. The average molecular weight is 252 g/mol. The fourth-order valence-corrected chi connectivity index (χ4v) is 1.67. The van der Waals surface area contributed by atoms with E-state index in [4.69, 9.17) is 15.3 Å². The lowest BCUT2D eigenvalue weighted by molar-refractivity contribution is -0.140. The summed E-state index contributed by atoms with van der Waals surface area (Å²) < 4.78 is 5.06. The number of carboxylic acids is 1. The zero-order chi connectivity index (χ0) is 13.3. The molecule has 1 saturated carbocycles. The molecule has 2 atom stereocenters. The van der Waals surface area contributed by atoms with Crippen LogP contribution >= 0.6 is 0 Å². The first-order valence-electron chi connectivity index (χ1n) is 5.38. The summed E-state index contributed by atoms with van der Waals surface area (Å²) in [6.07, 6.45) is 0.367. The number of furan rings is 1. The molecule has 1 aromatic heterocycles. The Labute approximate surface area is 102 Å². The zero-order valence-corrected chi connectivity index (χ0v) is 9.38. The van der Waals surface area contributed by atoms with Crippen molar-refractivity contribution >= 4 is 17.8 Å². The van der Waals surface area contributed by atoms with Gasteiger partial charge in [-0.1, -0.05) is 0 Å². The number of carbonyl (C=O) groups excluding carboxylic acids is 2. The maximum Gasteiger partial charge on any atom is 0.307 e. The number of carboxylic acid groups (broad SMARTS) is 1. The Bertz CT molecular complexity index is 507. The average Bonchev–Trinajstić information content (AvgIpc) is 2.97. The normalized spacial score (nSPS) is 21.3. The summed E-state index contributed by atoms with van der Waals surface area (Å²) in [6, 6.07) is 2.95. The van der Waals surface area contributed by atoms with Gasteiger partial charge in [-0.3, -0.25) is 14.4 Å². The second kappa shape index (κ2) is 4.52. The van der Waals surface area contributed by atoms with Crippen molar-refractivity contribution in [2.45, 2.75) is 13.0 Å². The van der Waals surface area contributed by atoms with Gasteiger partial charge < -0.3 is 20.6 Å². The molecule has 7 heteroatoms. The van der Waals surface area contributed by atoms with Crippen LogP contribution in [0, 0.1) is 11.8 Å². The van der Waals surface area contributed by atoms with Gasteiger partial charge in [0, 0.05) is 0 Å². The van der Waals surface area contributed by atoms with Crippen LogP contribution in [0.4, 0.5) is 0 Å². The molecule has 0 radical (unpaired) electrons. The van der Waals surface area contributed by atoms with Crippen molar-refractivity contribution < 1.29 is 23.9 Å². The predicted molar refractivity (Wildman–Crippen MR) is 58.3 cm³/mol. The number of amides is 2. The van der Waals surface area contributed by atoms with E-state index >= 15 is 0 Å². The van der Waals surface area contributed by atoms with E-state index < -0.39 is 23.7 Å². The van der Waals surface area contributed by atoms with Gasteiger partial charge in [0.25, 0.3) is 5.91 Å². The molecule has 1 aromatic rings. The summed E-state index contributed by atoms with van der Waals surface area (Å²) in [5.41, 5.74) is 5.01. The highest BCUT2D eigenvalue weighted by molar-refractivity contribution is 5.90. The number of primary amides is 1. The summed E-state index contributed by atoms with van der Waals surface area (Å²) >= 11 is 0. The minimum atomic E-state index is -0.954. The molecule has 4 N–H and O–H groups in total. The molecule has 1 fully saturated rings. The zero-order valence-electron chi connectivity index (χ0n) is 9.38. The fourth-order valence-electron chi connectivity index (χ4n) is 1.67. The quantitative estimate of drug-likeness (QED) is 0.664. The van der Waals surface area contributed by atoms with Crippen molar-refractivity contribution in [3.63, 3.8) is 0 Å². The molecule has 2 rings (SSSR count). The minimum absolute atomic E-state index is 0.0223. The molecule has 18 heavy (non-hydrogen) atoms. The van der Waals surface area contributed by atoms with Gasteiger partial charge in [-0.05, 0) is 18.6 Å². The smallest absolute Gasteiger partial charge is 0.307 e. The molecular weight excluding hydrogens is 240 g/mol. The van der Waals surface area contributed by atoms with Crippen LogP contribution in [0.5, 0.6) is 0 Å². The van der Waals surface area contributed by atoms with E-state index in [1.165, 1.54) is 12.1 Å². The summed E-state index contributed by atoms with van der Waals surface area (Å²) in [5, 5.41) is 11.2. The van der Waals surface area contributed by atoms with E-state index in [2.05, 4.69) is 5.32 Å². The fraction of sp³-hybridized carbons (Fsp3) is 0.364. The SMILES string of the molecule is NC(=O)c1ccc(CNC(=O)C2CC2C(=O)O)o1. The lowest BCUT2D eigenvalue weighted by atomic mass is 10.3. The molecule has 0 bridgehead atoms. The van der Waals surface area contributed by atoms with Crippen molar-refractivity contribution in [2.75, 3.05) is 0 Å². The first-order valence-corrected chi connectivity index (χ1v) is 5.38. The monoisotopic (exact) mass is 252 g/mol. The van der Waals surface area contributed by atoms with Crippen LogP contribution < -0.4 is 11.1 Å². The van der Waals surface area contributed by atoms with Crippen molar-refractivity contribution in [1.82, 2.24) is 5.32 Å². The Hall–Kier alpha value is -2.31. The number of carbonyl (C=O) groups is 3. The first kappa shape index (κ1) is 12.2. The number of rotatable bonds is 5. The molecule has 1 aliphatic rings. The highest BCUT2D eigenvalue weighted by atomic mass is 16.4. The van der Waals surface area contributed by atoms with E-state index in [0.29, 0.717) is 12.2 Å². The molecule has 96 valence electrons. The van der Waals surface area contributed by atoms with Crippen LogP contribution in [0.3, 0.4) is 0 Å². The number of aliphatic carboxylic acids is 1. The predicted octanol–water partition coefficient (Wildman–Crippen LogP) is -0.285. The Morgan fingerprint density at radius 2 is 2.11 bits per heavy atom. The molecule has 7 nitrogen and oxygen atoms in total. The van der Waals surface area contributed by atoms with E-state index in [9.17, 15) is 14.4 Å². The lowest BCUT2D eigenvalue weighted by Gasteiger charge is -2.01. The van der Waals surface area contributed by atoms with Gasteiger partial charge in [0.05, 0.1) is 18.4 Å². The van der Waals surface area contributed by atoms with E-state index in [-0.39, 0.29) is 18.2 Å². The summed E-state index contributed by atoms with van der Waals surface area (Å²) in [5.74, 6) is -2.58. The van der Waals surface area contributed by atoms with Gasteiger partial charge in [-0.25, -0.2) is 0 Å². The van der Waals surface area contributed by atoms with Gasteiger partial charge in [-0.15, -0.1) is 0 Å². The first-order chi connectivity index (χ1) is 8.49. The van der Waals surface area contributed by atoms with E-state index in [1.807, 2.05) is 0 Å². The maximum absolute atomic E-state index is 11.5. The third-order valence-corrected chi connectivity index (χ3v) is 2.79. The van der Waals surface area contributed by atoms with Crippen molar-refractivity contribution in [2.24, 2.45) is 17.6 Å². The highest BCUT2D eigenvalue weighted by Crippen LogP contribution is 2.38. The van der Waals surface area contributed by atoms with Gasteiger partial charge in [0.15, 0.2) is 5.76 Å². The molecule has 1 heterocycles. The maximum atomic E-state index is 11.5. The van der Waals surface area contributed by atoms with Crippen LogP contribution in [-0.4, -0.2) is 22.9 Å². The summed E-state index contributed by atoms with van der Waals surface area (Å²) in [4.78, 5) is 32.9. The lowest BCUT2D eigenvalue weighted by Crippen LogP contribution is -2.25. The van der Waals surface area contributed by atoms with Gasteiger partial charge in [-0.2, -0.15) is 0 Å². The molecule has 0 aliphatic heterocycles. The van der Waals surface area contributed by atoms with Crippen LogP contribution in [0.25, 0.3) is 0 Å². The largest absolute Gasteiger partial charge is 0.481 e. The standard InChI is InChI=1S/C11H12N2O5/c12-9(14)8-2-1-5(18-8)4-13-10(15)6-3-7(6)11(16)17/h1-2,6-7H,3-4H2,(H2,12,14)(H,13,15)(H,16,17). The third kappa shape index (κ3) is 2.50. The van der Waals surface area contributed by atoms with E-state index in [0.717, 1.165) is 0 Å². The third-order valence-electron chi connectivity index (χ3n) is 2.79. The number of nitrogens with two attached hydrogens (primary N) is 1. The summed E-state index contributed by atoms with van der Waals surface area (Å²) in [7, 11) is 0. The molecule has 2 unspecified atom stereocenters. The number of hydrogen-bond acceptors (Lipinski definition) is 4. The Kier molecular flexibility index (Phi) is 3.05. The van der Waals surface area contributed by atoms with Crippen molar-refractivity contribution in [1.29, 1.82) is 0 Å². The Morgan fingerprint density at radius 3 is 2.61 bits per heavy atom. The van der Waals surface area contributed by atoms with Gasteiger partial charge >= 0.3 is 5.97 Å². The second-order valence-electron chi connectivity index (χ2n) is 4.13. The van der Waals surface area contributed by atoms with Crippen molar-refractivity contribution in [3.8, 4) is 0 Å². The molecule has 0 spiro atoms. The molecule has 0 saturated heterocycles. The molecule has 1 aliphatic carbocycles. The number of nitrogens with one attached hydrogen (secondary N) is 1. The molecule has 0 aromatic carbocycles. The minimum Gasteiger partial charge on any atom is -0.481 e. The topological polar surface area (TPSA) is 123 Å². The van der Waals surface area contributed by atoms with Gasteiger partial charge in [0.2, 0.25) is 5.91 Å². The van der Waals surface area contributed by atoms with Crippen LogP contribution in [0.1, 0.15) is 22.7 Å². The molecular formula is C11H12N2O5.